The van der Waals surface area contributed by atoms with Crippen molar-refractivity contribution in [3.8, 4) is 0 Å². The average molecular weight is 317 g/mol. The minimum atomic E-state index is -0.226. The van der Waals surface area contributed by atoms with Crippen molar-refractivity contribution in [1.29, 1.82) is 0 Å². The van der Waals surface area contributed by atoms with Crippen molar-refractivity contribution in [2.45, 2.75) is 12.5 Å². The molecule has 7 nitrogen and oxygen atoms in total. The fourth-order valence-electron chi connectivity index (χ4n) is 3.00. The van der Waals surface area contributed by atoms with Gasteiger partial charge in [-0.1, -0.05) is 11.6 Å². The zero-order valence-electron chi connectivity index (χ0n) is 11.6. The van der Waals surface area contributed by atoms with Gasteiger partial charge in [-0.15, -0.1) is 0 Å². The Balaban J connectivity index is 1.69. The lowest BCUT2D eigenvalue weighted by atomic mass is 10.2. The van der Waals surface area contributed by atoms with E-state index in [9.17, 15) is 4.79 Å². The number of anilines is 3. The molecular weight excluding hydrogens is 304 g/mol. The summed E-state index contributed by atoms with van der Waals surface area (Å²) >= 11 is 6.02. The van der Waals surface area contributed by atoms with Crippen LogP contribution in [-0.4, -0.2) is 40.3 Å². The Bertz CT molecular complexity index is 725. The van der Waals surface area contributed by atoms with Crippen molar-refractivity contribution < 1.29 is 4.79 Å². The van der Waals surface area contributed by atoms with Gasteiger partial charge in [0.25, 0.3) is 0 Å². The molecule has 2 aliphatic heterocycles. The number of rotatable bonds is 1. The number of halogens is 1. The maximum Gasteiger partial charge on any atom is 0.327 e. The monoisotopic (exact) mass is 316 g/mol. The molecule has 1 fully saturated rings. The largest absolute Gasteiger partial charge is 0.366 e. The Kier molecular flexibility index (Phi) is 3.07. The molecule has 2 aliphatic rings. The smallest absolute Gasteiger partial charge is 0.327 e. The van der Waals surface area contributed by atoms with Crippen LogP contribution in [0.5, 0.6) is 0 Å². The van der Waals surface area contributed by atoms with Gasteiger partial charge in [-0.3, -0.25) is 4.90 Å². The van der Waals surface area contributed by atoms with Gasteiger partial charge in [0.2, 0.25) is 0 Å². The van der Waals surface area contributed by atoms with Gasteiger partial charge in [0.15, 0.2) is 5.82 Å². The summed E-state index contributed by atoms with van der Waals surface area (Å²) in [5, 5.41) is 10.7. The van der Waals surface area contributed by atoms with Crippen molar-refractivity contribution in [3.05, 3.63) is 35.7 Å². The van der Waals surface area contributed by atoms with Crippen LogP contribution in [0.3, 0.4) is 0 Å². The second kappa shape index (κ2) is 5.10. The summed E-state index contributed by atoms with van der Waals surface area (Å²) in [4.78, 5) is 21.0. The Morgan fingerprint density at radius 2 is 2.23 bits per heavy atom. The number of nitrogens with zero attached hydrogens (tertiary/aromatic N) is 5. The summed E-state index contributed by atoms with van der Waals surface area (Å²) in [6.07, 6.45) is 3.96. The van der Waals surface area contributed by atoms with Crippen molar-refractivity contribution in [3.63, 3.8) is 0 Å². The number of amides is 2. The number of carbonyl (C=O) groups is 1. The van der Waals surface area contributed by atoms with E-state index in [-0.39, 0.29) is 12.1 Å². The molecule has 0 aliphatic carbocycles. The minimum Gasteiger partial charge on any atom is -0.366 e. The summed E-state index contributed by atoms with van der Waals surface area (Å²) in [6, 6.07) is 5.24. The van der Waals surface area contributed by atoms with Crippen LogP contribution in [0.1, 0.15) is 6.42 Å². The molecule has 4 rings (SSSR count). The third-order valence-electron chi connectivity index (χ3n) is 3.97. The van der Waals surface area contributed by atoms with Crippen LogP contribution in [-0.2, 0) is 0 Å². The van der Waals surface area contributed by atoms with Crippen molar-refractivity contribution in [2.24, 2.45) is 0 Å². The summed E-state index contributed by atoms with van der Waals surface area (Å²) < 4.78 is 0. The molecule has 1 atom stereocenters. The topological polar surface area (TPSA) is 74.2 Å². The lowest BCUT2D eigenvalue weighted by Gasteiger charge is -2.35. The number of carbonyl (C=O) groups excluding carboxylic acids is 1. The summed E-state index contributed by atoms with van der Waals surface area (Å²) in [5.74, 6) is 0.612. The maximum atomic E-state index is 12.7. The molecular formula is C14H13ClN6O. The zero-order chi connectivity index (χ0) is 15.1. The Labute approximate surface area is 131 Å². The highest BCUT2D eigenvalue weighted by Crippen LogP contribution is 2.39. The number of aromatic nitrogens is 3. The second-order valence-electron chi connectivity index (χ2n) is 5.30. The minimum absolute atomic E-state index is 0.105. The van der Waals surface area contributed by atoms with E-state index in [1.807, 2.05) is 6.07 Å². The van der Waals surface area contributed by atoms with Crippen LogP contribution in [0.25, 0.3) is 0 Å². The van der Waals surface area contributed by atoms with Gasteiger partial charge in [0.1, 0.15) is 5.15 Å². The van der Waals surface area contributed by atoms with Crippen LogP contribution in [0.15, 0.2) is 30.6 Å². The van der Waals surface area contributed by atoms with Gasteiger partial charge in [-0.25, -0.2) is 9.78 Å². The predicted molar refractivity (Wildman–Crippen MR) is 83.4 cm³/mol. The molecule has 4 heterocycles. The first-order chi connectivity index (χ1) is 10.7. The molecule has 0 aromatic carbocycles. The second-order valence-corrected chi connectivity index (χ2v) is 5.68. The molecule has 2 aromatic heterocycles. The molecule has 8 heteroatoms. The van der Waals surface area contributed by atoms with Crippen LogP contribution in [0.2, 0.25) is 5.15 Å². The number of pyridine rings is 1. The molecule has 0 unspecified atom stereocenters. The first-order valence-corrected chi connectivity index (χ1v) is 7.38. The number of nitrogens with one attached hydrogen (secondary N) is 1. The summed E-state index contributed by atoms with van der Waals surface area (Å²) in [5.41, 5.74) is 1.55. The Hall–Kier alpha value is -2.41. The molecule has 2 bridgehead atoms. The summed E-state index contributed by atoms with van der Waals surface area (Å²) in [7, 11) is 0. The van der Waals surface area contributed by atoms with Gasteiger partial charge in [-0.05, 0) is 24.6 Å². The van der Waals surface area contributed by atoms with E-state index >= 15 is 0 Å². The molecule has 1 saturated heterocycles. The van der Waals surface area contributed by atoms with E-state index in [1.54, 1.807) is 17.0 Å². The Morgan fingerprint density at radius 1 is 1.32 bits per heavy atom. The first-order valence-electron chi connectivity index (χ1n) is 7.01. The first kappa shape index (κ1) is 13.3. The highest BCUT2D eigenvalue weighted by molar-refractivity contribution is 6.29. The molecule has 2 aromatic rings. The van der Waals surface area contributed by atoms with Crippen molar-refractivity contribution >= 4 is 34.8 Å². The van der Waals surface area contributed by atoms with Crippen LogP contribution in [0, 0.1) is 0 Å². The molecule has 1 N–H and O–H groups in total. The van der Waals surface area contributed by atoms with E-state index in [0.29, 0.717) is 16.7 Å². The molecule has 0 saturated carbocycles. The van der Waals surface area contributed by atoms with Gasteiger partial charge < -0.3 is 10.2 Å². The van der Waals surface area contributed by atoms with E-state index in [4.69, 9.17) is 11.6 Å². The van der Waals surface area contributed by atoms with Gasteiger partial charge in [0, 0.05) is 13.1 Å². The molecule has 0 radical (unpaired) electrons. The number of hydrogen-bond acceptors (Lipinski definition) is 5. The van der Waals surface area contributed by atoms with E-state index in [2.05, 4.69) is 25.4 Å². The van der Waals surface area contributed by atoms with E-state index in [0.717, 1.165) is 25.2 Å². The van der Waals surface area contributed by atoms with Gasteiger partial charge in [0.05, 0.1) is 29.8 Å². The standard InChI is InChI=1S/C14H13ClN6O/c15-12-2-1-11-13(19-12)21(10-4-6-20(11)8-10)14(22)18-9-3-5-16-17-7-9/h1-3,5,7,10H,4,6,8H2,(H,16,18,22)/t10-/m0/s1. The number of urea groups is 1. The Morgan fingerprint density at radius 3 is 3.05 bits per heavy atom. The predicted octanol–water partition coefficient (Wildman–Crippen LogP) is 2.16. The SMILES string of the molecule is O=C(Nc1ccnnc1)N1c2nc(Cl)ccc2N2CC[C@H]1C2. The maximum absolute atomic E-state index is 12.7. The lowest BCUT2D eigenvalue weighted by Crippen LogP contribution is -2.48. The number of hydrogen-bond donors (Lipinski definition) is 1. The molecule has 0 spiro atoms. The molecule has 2 amide bonds. The normalized spacial score (nSPS) is 19.0. The average Bonchev–Trinajstić information content (AvgIpc) is 2.93. The van der Waals surface area contributed by atoms with E-state index < -0.39 is 0 Å². The highest BCUT2D eigenvalue weighted by Gasteiger charge is 2.40. The van der Waals surface area contributed by atoms with Crippen molar-refractivity contribution in [1.82, 2.24) is 15.2 Å². The fourth-order valence-corrected chi connectivity index (χ4v) is 3.14. The van der Waals surface area contributed by atoms with Gasteiger partial charge in [-0.2, -0.15) is 10.2 Å². The van der Waals surface area contributed by atoms with Crippen molar-refractivity contribution in [2.75, 3.05) is 28.2 Å². The van der Waals surface area contributed by atoms with Gasteiger partial charge >= 0.3 is 6.03 Å². The third-order valence-corrected chi connectivity index (χ3v) is 4.18. The van der Waals surface area contributed by atoms with Crippen LogP contribution in [0.4, 0.5) is 22.0 Å². The lowest BCUT2D eigenvalue weighted by molar-refractivity contribution is 0.255. The zero-order valence-corrected chi connectivity index (χ0v) is 12.4. The van der Waals surface area contributed by atoms with E-state index in [1.165, 1.54) is 12.4 Å². The quantitative estimate of drug-likeness (QED) is 0.816. The summed E-state index contributed by atoms with van der Waals surface area (Å²) in [6.45, 7) is 1.74. The number of fused-ring (bicyclic) bond motifs is 4. The molecule has 112 valence electrons. The van der Waals surface area contributed by atoms with Crippen LogP contribution >= 0.6 is 11.6 Å². The third kappa shape index (κ3) is 2.14. The highest BCUT2D eigenvalue weighted by atomic mass is 35.5. The van der Waals surface area contributed by atoms with Crippen LogP contribution < -0.4 is 15.1 Å². The molecule has 22 heavy (non-hydrogen) atoms. The fraction of sp³-hybridized carbons (Fsp3) is 0.286.